The Bertz CT molecular complexity index is 718. The maximum Gasteiger partial charge on any atom is 0.221 e. The summed E-state index contributed by atoms with van der Waals surface area (Å²) in [4.78, 5) is 22.2. The van der Waals surface area contributed by atoms with Crippen LogP contribution in [0.5, 0.6) is 0 Å². The fourth-order valence-electron chi connectivity index (χ4n) is 3.01. The maximum absolute atomic E-state index is 11.2. The lowest BCUT2D eigenvalue weighted by Crippen LogP contribution is -2.34. The first-order valence-corrected chi connectivity index (χ1v) is 8.32. The van der Waals surface area contributed by atoms with Crippen molar-refractivity contribution in [2.24, 2.45) is 5.92 Å². The first kappa shape index (κ1) is 16.2. The van der Waals surface area contributed by atoms with Crippen LogP contribution in [0.3, 0.4) is 0 Å². The third-order valence-electron chi connectivity index (χ3n) is 4.09. The molecule has 1 unspecified atom stereocenters. The van der Waals surface area contributed by atoms with Gasteiger partial charge in [0.25, 0.3) is 0 Å². The number of aromatic nitrogens is 2. The Morgan fingerprint density at radius 1 is 1.25 bits per heavy atom. The zero-order valence-corrected chi connectivity index (χ0v) is 14.1. The molecule has 1 saturated heterocycles. The zero-order valence-electron chi connectivity index (χ0n) is 14.1. The van der Waals surface area contributed by atoms with Gasteiger partial charge in [-0.15, -0.1) is 0 Å². The van der Waals surface area contributed by atoms with E-state index in [4.69, 9.17) is 0 Å². The van der Waals surface area contributed by atoms with Crippen LogP contribution in [-0.2, 0) is 4.79 Å². The zero-order chi connectivity index (χ0) is 16.9. The number of carbonyl (C=O) groups is 1. The molecule has 1 atom stereocenters. The summed E-state index contributed by atoms with van der Waals surface area (Å²) in [5.41, 5.74) is 1.63. The molecule has 2 N–H and O–H groups in total. The summed E-state index contributed by atoms with van der Waals surface area (Å²) < 4.78 is 0. The number of nitrogens with zero attached hydrogens (tertiary/aromatic N) is 3. The molecule has 1 aliphatic heterocycles. The number of amides is 1. The number of hydrogen-bond donors (Lipinski definition) is 2. The molecule has 0 saturated carbocycles. The van der Waals surface area contributed by atoms with Gasteiger partial charge in [-0.2, -0.15) is 0 Å². The van der Waals surface area contributed by atoms with Gasteiger partial charge in [0.05, 0.1) is 0 Å². The highest BCUT2D eigenvalue weighted by Gasteiger charge is 2.17. The van der Waals surface area contributed by atoms with E-state index in [-0.39, 0.29) is 5.91 Å². The van der Waals surface area contributed by atoms with Crippen LogP contribution in [0.25, 0.3) is 0 Å². The predicted octanol–water partition coefficient (Wildman–Crippen LogP) is 3.41. The number of anilines is 4. The Labute approximate surface area is 142 Å². The van der Waals surface area contributed by atoms with Crippen molar-refractivity contribution < 1.29 is 4.79 Å². The second-order valence-corrected chi connectivity index (χ2v) is 6.34. The number of piperidine rings is 1. The average molecular weight is 325 g/mol. The summed E-state index contributed by atoms with van der Waals surface area (Å²) in [6, 6.07) is 9.54. The number of rotatable bonds is 4. The highest BCUT2D eigenvalue weighted by atomic mass is 16.1. The van der Waals surface area contributed by atoms with Crippen LogP contribution < -0.4 is 15.5 Å². The third kappa shape index (κ3) is 4.22. The van der Waals surface area contributed by atoms with E-state index >= 15 is 0 Å². The van der Waals surface area contributed by atoms with E-state index in [0.717, 1.165) is 36.1 Å². The van der Waals surface area contributed by atoms with E-state index in [1.807, 2.05) is 30.3 Å². The van der Waals surface area contributed by atoms with E-state index < -0.39 is 0 Å². The fourth-order valence-corrected chi connectivity index (χ4v) is 3.01. The molecule has 1 fully saturated rings. The Hall–Kier alpha value is -2.63. The van der Waals surface area contributed by atoms with Gasteiger partial charge >= 0.3 is 0 Å². The molecule has 6 heteroatoms. The van der Waals surface area contributed by atoms with Gasteiger partial charge in [0.2, 0.25) is 5.91 Å². The molecule has 2 aromatic rings. The van der Waals surface area contributed by atoms with Crippen LogP contribution in [0.4, 0.5) is 23.0 Å². The van der Waals surface area contributed by atoms with E-state index in [1.54, 1.807) is 6.33 Å². The van der Waals surface area contributed by atoms with Crippen molar-refractivity contribution in [3.8, 4) is 0 Å². The molecule has 1 amide bonds. The molecular formula is C18H23N5O. The Kier molecular flexibility index (Phi) is 4.93. The van der Waals surface area contributed by atoms with Crippen molar-refractivity contribution >= 4 is 28.9 Å². The summed E-state index contributed by atoms with van der Waals surface area (Å²) in [6.45, 7) is 5.85. The van der Waals surface area contributed by atoms with E-state index in [9.17, 15) is 4.79 Å². The van der Waals surface area contributed by atoms with Crippen molar-refractivity contribution in [1.29, 1.82) is 0 Å². The maximum atomic E-state index is 11.2. The van der Waals surface area contributed by atoms with Crippen LogP contribution in [0, 0.1) is 5.92 Å². The van der Waals surface area contributed by atoms with Crippen molar-refractivity contribution in [2.75, 3.05) is 28.6 Å². The monoisotopic (exact) mass is 325 g/mol. The first-order valence-electron chi connectivity index (χ1n) is 8.32. The van der Waals surface area contributed by atoms with Gasteiger partial charge in [0.15, 0.2) is 0 Å². The third-order valence-corrected chi connectivity index (χ3v) is 4.09. The van der Waals surface area contributed by atoms with Crippen LogP contribution in [0.2, 0.25) is 0 Å². The summed E-state index contributed by atoms with van der Waals surface area (Å²) >= 11 is 0. The molecule has 0 bridgehead atoms. The van der Waals surface area contributed by atoms with Crippen LogP contribution in [0.15, 0.2) is 36.7 Å². The van der Waals surface area contributed by atoms with Crippen molar-refractivity contribution in [1.82, 2.24) is 9.97 Å². The largest absolute Gasteiger partial charge is 0.356 e. The number of benzene rings is 1. The lowest BCUT2D eigenvalue weighted by molar-refractivity contribution is -0.114. The van der Waals surface area contributed by atoms with Crippen molar-refractivity contribution in [3.05, 3.63) is 36.7 Å². The van der Waals surface area contributed by atoms with Crippen LogP contribution in [0.1, 0.15) is 26.7 Å². The summed E-state index contributed by atoms with van der Waals surface area (Å²) in [5, 5.41) is 6.06. The highest BCUT2D eigenvalue weighted by Crippen LogP contribution is 2.24. The molecule has 0 spiro atoms. The molecule has 6 nitrogen and oxygen atoms in total. The standard InChI is InChI=1S/C18H23N5O/c1-13-5-4-8-23(11-13)18-10-17(19-12-20-18)22-16-7-3-6-15(9-16)21-14(2)24/h3,6-7,9-10,12-13H,4-5,8,11H2,1-2H3,(H,21,24)(H,19,20,22). The molecule has 0 aliphatic carbocycles. The SMILES string of the molecule is CC(=O)Nc1cccc(Nc2cc(N3CCCC(C)C3)ncn2)c1. The van der Waals surface area contributed by atoms with E-state index in [2.05, 4.69) is 32.4 Å². The molecule has 2 heterocycles. The van der Waals surface area contributed by atoms with E-state index in [0.29, 0.717) is 5.92 Å². The second kappa shape index (κ2) is 7.29. The van der Waals surface area contributed by atoms with Crippen LogP contribution in [-0.4, -0.2) is 29.0 Å². The fraction of sp³-hybridized carbons (Fsp3) is 0.389. The van der Waals surface area contributed by atoms with Gasteiger partial charge in [-0.05, 0) is 37.0 Å². The summed E-state index contributed by atoms with van der Waals surface area (Å²) in [6.07, 6.45) is 4.07. The molecular weight excluding hydrogens is 302 g/mol. The quantitative estimate of drug-likeness (QED) is 0.901. The second-order valence-electron chi connectivity index (χ2n) is 6.34. The van der Waals surface area contributed by atoms with Gasteiger partial charge in [0.1, 0.15) is 18.0 Å². The predicted molar refractivity (Wildman–Crippen MR) is 96.7 cm³/mol. The molecule has 1 aliphatic rings. The average Bonchev–Trinajstić information content (AvgIpc) is 2.55. The van der Waals surface area contributed by atoms with Crippen molar-refractivity contribution in [2.45, 2.75) is 26.7 Å². The lowest BCUT2D eigenvalue weighted by atomic mass is 10.0. The number of nitrogens with one attached hydrogen (secondary N) is 2. The first-order chi connectivity index (χ1) is 11.6. The normalized spacial score (nSPS) is 17.4. The van der Waals surface area contributed by atoms with Crippen LogP contribution >= 0.6 is 0 Å². The Morgan fingerprint density at radius 3 is 2.88 bits per heavy atom. The van der Waals surface area contributed by atoms with Gasteiger partial charge in [-0.1, -0.05) is 13.0 Å². The highest BCUT2D eigenvalue weighted by molar-refractivity contribution is 5.89. The van der Waals surface area contributed by atoms with Gasteiger partial charge in [-0.3, -0.25) is 4.79 Å². The molecule has 24 heavy (non-hydrogen) atoms. The van der Waals surface area contributed by atoms with Crippen molar-refractivity contribution in [3.63, 3.8) is 0 Å². The summed E-state index contributed by atoms with van der Waals surface area (Å²) in [5.74, 6) is 2.31. The Balaban J connectivity index is 1.74. The smallest absolute Gasteiger partial charge is 0.221 e. The van der Waals surface area contributed by atoms with Gasteiger partial charge in [-0.25, -0.2) is 9.97 Å². The molecule has 1 aromatic heterocycles. The Morgan fingerprint density at radius 2 is 2.08 bits per heavy atom. The molecule has 126 valence electrons. The van der Waals surface area contributed by atoms with E-state index in [1.165, 1.54) is 19.8 Å². The molecule has 3 rings (SSSR count). The van der Waals surface area contributed by atoms with Gasteiger partial charge in [0, 0.05) is 37.5 Å². The summed E-state index contributed by atoms with van der Waals surface area (Å²) in [7, 11) is 0. The molecule has 1 aromatic carbocycles. The minimum Gasteiger partial charge on any atom is -0.356 e. The molecule has 0 radical (unpaired) electrons. The minimum absolute atomic E-state index is 0.0873. The topological polar surface area (TPSA) is 70.2 Å². The lowest BCUT2D eigenvalue weighted by Gasteiger charge is -2.31. The number of hydrogen-bond acceptors (Lipinski definition) is 5. The number of carbonyl (C=O) groups excluding carboxylic acids is 1. The van der Waals surface area contributed by atoms with Gasteiger partial charge < -0.3 is 15.5 Å². The minimum atomic E-state index is -0.0873.